The van der Waals surface area contributed by atoms with Crippen molar-refractivity contribution < 1.29 is 14.6 Å². The van der Waals surface area contributed by atoms with Crippen molar-refractivity contribution in [2.75, 3.05) is 0 Å². The number of hydrogen-bond acceptors (Lipinski definition) is 3. The number of hydrogen-bond donors (Lipinski definition) is 0. The van der Waals surface area contributed by atoms with Crippen molar-refractivity contribution in [1.82, 2.24) is 0 Å². The summed E-state index contributed by atoms with van der Waals surface area (Å²) in [7, 11) is 0. The third-order valence-electron chi connectivity index (χ3n) is 2.82. The van der Waals surface area contributed by atoms with Gasteiger partial charge in [0.25, 0.3) is 0 Å². The molecule has 1 atom stereocenters. The second kappa shape index (κ2) is 6.71. The maximum atomic E-state index is 11.1. The first-order chi connectivity index (χ1) is 9.25. The van der Waals surface area contributed by atoms with Crippen molar-refractivity contribution in [2.24, 2.45) is 0 Å². The molecule has 19 heavy (non-hydrogen) atoms. The molecule has 0 aliphatic carbocycles. The molecule has 0 radical (unpaired) electrons. The van der Waals surface area contributed by atoms with Crippen LogP contribution in [0.3, 0.4) is 0 Å². The summed E-state index contributed by atoms with van der Waals surface area (Å²) in [5.74, 6) is -1.18. The van der Waals surface area contributed by atoms with E-state index in [-0.39, 0.29) is 6.61 Å². The lowest BCUT2D eigenvalue weighted by Gasteiger charge is -2.19. The minimum Gasteiger partial charge on any atom is -0.547 e. The highest BCUT2D eigenvalue weighted by Gasteiger charge is 2.11. The number of carbonyl (C=O) groups is 1. The summed E-state index contributed by atoms with van der Waals surface area (Å²) in [4.78, 5) is 11.1. The Morgan fingerprint density at radius 3 is 2.00 bits per heavy atom. The van der Waals surface area contributed by atoms with E-state index in [1.54, 1.807) is 0 Å². The maximum absolute atomic E-state index is 11.1. The first-order valence-corrected chi connectivity index (χ1v) is 6.16. The predicted molar refractivity (Wildman–Crippen MR) is 70.2 cm³/mol. The molecule has 0 amide bonds. The molecule has 0 heterocycles. The molecule has 0 saturated carbocycles. The van der Waals surface area contributed by atoms with E-state index in [0.29, 0.717) is 6.42 Å². The van der Waals surface area contributed by atoms with Gasteiger partial charge in [-0.05, 0) is 11.1 Å². The summed E-state index contributed by atoms with van der Waals surface area (Å²) >= 11 is 0. The van der Waals surface area contributed by atoms with Crippen LogP contribution >= 0.6 is 0 Å². The van der Waals surface area contributed by atoms with E-state index in [9.17, 15) is 9.90 Å². The molecule has 98 valence electrons. The van der Waals surface area contributed by atoms with E-state index in [0.717, 1.165) is 11.1 Å². The summed E-state index contributed by atoms with van der Waals surface area (Å²) in [6.07, 6.45) is -0.613. The Hall–Kier alpha value is -2.13. The predicted octanol–water partition coefficient (Wildman–Crippen LogP) is 1.56. The van der Waals surface area contributed by atoms with Crippen LogP contribution in [0.15, 0.2) is 60.7 Å². The van der Waals surface area contributed by atoms with E-state index >= 15 is 0 Å². The van der Waals surface area contributed by atoms with E-state index in [4.69, 9.17) is 4.74 Å². The molecule has 2 aromatic rings. The summed E-state index contributed by atoms with van der Waals surface area (Å²) in [5.41, 5.74) is 1.87. The molecule has 0 N–H and O–H groups in total. The second-order valence-corrected chi connectivity index (χ2v) is 4.29. The Bertz CT molecular complexity index is 508. The molecule has 0 aliphatic rings. The summed E-state index contributed by atoms with van der Waals surface area (Å²) in [6.45, 7) is 0.270. The van der Waals surface area contributed by atoms with Crippen LogP contribution in [0.2, 0.25) is 0 Å². The highest BCUT2D eigenvalue weighted by molar-refractivity contribution is 5.70. The van der Waals surface area contributed by atoms with Gasteiger partial charge in [0.15, 0.2) is 0 Å². The fraction of sp³-hybridized carbons (Fsp3) is 0.188. The number of aliphatic carboxylic acids is 1. The highest BCUT2D eigenvalue weighted by Crippen LogP contribution is 2.09. The molecular weight excluding hydrogens is 240 g/mol. The van der Waals surface area contributed by atoms with Crippen LogP contribution < -0.4 is 5.11 Å². The Morgan fingerprint density at radius 2 is 1.47 bits per heavy atom. The fourth-order valence-electron chi connectivity index (χ4n) is 1.81. The number of ether oxygens (including phenoxy) is 1. The molecule has 0 bridgehead atoms. The van der Waals surface area contributed by atoms with Gasteiger partial charge in [-0.2, -0.15) is 0 Å². The second-order valence-electron chi connectivity index (χ2n) is 4.29. The summed E-state index contributed by atoms with van der Waals surface area (Å²) < 4.78 is 5.43. The van der Waals surface area contributed by atoms with Crippen molar-refractivity contribution in [1.29, 1.82) is 0 Å². The monoisotopic (exact) mass is 255 g/mol. The minimum atomic E-state index is -1.18. The minimum absolute atomic E-state index is 0.270. The molecule has 3 heteroatoms. The molecule has 2 rings (SSSR count). The molecule has 0 spiro atoms. The lowest BCUT2D eigenvalue weighted by atomic mass is 10.1. The van der Waals surface area contributed by atoms with Crippen molar-refractivity contribution >= 4 is 5.97 Å². The van der Waals surface area contributed by atoms with E-state index in [1.165, 1.54) is 0 Å². The average Bonchev–Trinajstić information content (AvgIpc) is 2.45. The fourth-order valence-corrected chi connectivity index (χ4v) is 1.81. The third-order valence-corrected chi connectivity index (χ3v) is 2.82. The van der Waals surface area contributed by atoms with Gasteiger partial charge >= 0.3 is 0 Å². The van der Waals surface area contributed by atoms with Gasteiger partial charge in [-0.1, -0.05) is 60.7 Å². The largest absolute Gasteiger partial charge is 0.547 e. The van der Waals surface area contributed by atoms with E-state index < -0.39 is 12.1 Å². The van der Waals surface area contributed by atoms with Crippen LogP contribution in [-0.4, -0.2) is 12.1 Å². The molecule has 1 unspecified atom stereocenters. The number of rotatable bonds is 6. The molecule has 0 fully saturated rings. The first kappa shape index (κ1) is 13.3. The smallest absolute Gasteiger partial charge is 0.101 e. The van der Waals surface area contributed by atoms with Gasteiger partial charge in [-0.3, -0.25) is 0 Å². The average molecular weight is 255 g/mol. The van der Waals surface area contributed by atoms with Gasteiger partial charge in [0.05, 0.1) is 12.6 Å². The van der Waals surface area contributed by atoms with Crippen LogP contribution in [0.1, 0.15) is 11.1 Å². The Balaban J connectivity index is 1.95. The zero-order chi connectivity index (χ0) is 13.5. The SMILES string of the molecule is O=C([O-])C(Cc1ccccc1)OCc1ccccc1. The highest BCUT2D eigenvalue weighted by atomic mass is 16.5. The Morgan fingerprint density at radius 1 is 0.947 bits per heavy atom. The van der Waals surface area contributed by atoms with E-state index in [1.807, 2.05) is 60.7 Å². The molecule has 2 aromatic carbocycles. The summed E-state index contributed by atoms with van der Waals surface area (Å²) in [5, 5.41) is 11.1. The van der Waals surface area contributed by atoms with Crippen LogP contribution in [0.5, 0.6) is 0 Å². The number of benzene rings is 2. The van der Waals surface area contributed by atoms with Crippen molar-refractivity contribution in [2.45, 2.75) is 19.1 Å². The number of carboxylic acids is 1. The van der Waals surface area contributed by atoms with Crippen LogP contribution in [0, 0.1) is 0 Å². The number of carboxylic acid groups (broad SMARTS) is 1. The van der Waals surface area contributed by atoms with Crippen molar-refractivity contribution in [3.63, 3.8) is 0 Å². The van der Waals surface area contributed by atoms with Gasteiger partial charge in [-0.25, -0.2) is 0 Å². The topological polar surface area (TPSA) is 49.4 Å². The molecule has 3 nitrogen and oxygen atoms in total. The lowest BCUT2D eigenvalue weighted by molar-refractivity contribution is -0.317. The van der Waals surface area contributed by atoms with Crippen LogP contribution in [0.4, 0.5) is 0 Å². The van der Waals surface area contributed by atoms with Gasteiger partial charge in [0.2, 0.25) is 0 Å². The number of carbonyl (C=O) groups excluding carboxylic acids is 1. The molecular formula is C16H15O3-. The van der Waals surface area contributed by atoms with E-state index in [2.05, 4.69) is 0 Å². The van der Waals surface area contributed by atoms with Crippen molar-refractivity contribution in [3.8, 4) is 0 Å². The first-order valence-electron chi connectivity index (χ1n) is 6.16. The quantitative estimate of drug-likeness (QED) is 0.787. The van der Waals surface area contributed by atoms with Crippen LogP contribution in [-0.2, 0) is 22.6 Å². The molecule has 0 saturated heterocycles. The van der Waals surface area contributed by atoms with Gasteiger partial charge in [0, 0.05) is 6.42 Å². The maximum Gasteiger partial charge on any atom is 0.101 e. The normalized spacial score (nSPS) is 12.0. The van der Waals surface area contributed by atoms with Gasteiger partial charge in [0.1, 0.15) is 6.10 Å². The molecule has 0 aliphatic heterocycles. The van der Waals surface area contributed by atoms with Gasteiger partial charge in [-0.15, -0.1) is 0 Å². The summed E-state index contributed by atoms with van der Waals surface area (Å²) in [6, 6.07) is 18.9. The Kier molecular flexibility index (Phi) is 4.70. The molecule has 0 aromatic heterocycles. The lowest BCUT2D eigenvalue weighted by Crippen LogP contribution is -2.38. The third kappa shape index (κ3) is 4.23. The zero-order valence-corrected chi connectivity index (χ0v) is 10.5. The Labute approximate surface area is 112 Å². The zero-order valence-electron chi connectivity index (χ0n) is 10.5. The van der Waals surface area contributed by atoms with Crippen LogP contribution in [0.25, 0.3) is 0 Å². The van der Waals surface area contributed by atoms with Crippen molar-refractivity contribution in [3.05, 3.63) is 71.8 Å². The standard InChI is InChI=1S/C16H16O3/c17-16(18)15(11-13-7-3-1-4-8-13)19-12-14-9-5-2-6-10-14/h1-10,15H,11-12H2,(H,17,18)/p-1. The van der Waals surface area contributed by atoms with Gasteiger partial charge < -0.3 is 14.6 Å².